The maximum atomic E-state index is 12.3. The summed E-state index contributed by atoms with van der Waals surface area (Å²) < 4.78 is 5.37. The molecular formula is C16H21NO4. The molecule has 0 aromatic heterocycles. The summed E-state index contributed by atoms with van der Waals surface area (Å²) in [4.78, 5) is 25.1. The molecular weight excluding hydrogens is 270 g/mol. The number of ether oxygens (including phenoxy) is 1. The van der Waals surface area contributed by atoms with Gasteiger partial charge < -0.3 is 14.7 Å². The molecule has 1 unspecified atom stereocenters. The van der Waals surface area contributed by atoms with Crippen molar-refractivity contribution < 1.29 is 19.4 Å². The van der Waals surface area contributed by atoms with Crippen molar-refractivity contribution in [1.82, 2.24) is 4.90 Å². The lowest BCUT2D eigenvalue weighted by molar-refractivity contribution is -0.142. The van der Waals surface area contributed by atoms with Gasteiger partial charge >= 0.3 is 12.1 Å². The standard InChI is InChI=1S/C16H21NO4/c1-16(2,3)21-15(20)17-9-12-7-5-4-6-11(12)8-13(10-17)14(18)19/h4-7,13H,8-10H2,1-3H3,(H,18,19). The predicted octanol–water partition coefficient (Wildman–Crippen LogP) is 2.68. The number of hydrogen-bond donors (Lipinski definition) is 1. The van der Waals surface area contributed by atoms with Gasteiger partial charge in [-0.1, -0.05) is 24.3 Å². The van der Waals surface area contributed by atoms with Crippen molar-refractivity contribution >= 4 is 12.1 Å². The minimum atomic E-state index is -0.889. The van der Waals surface area contributed by atoms with Crippen molar-refractivity contribution in [2.75, 3.05) is 6.54 Å². The average Bonchev–Trinajstić information content (AvgIpc) is 2.55. The van der Waals surface area contributed by atoms with Crippen LogP contribution < -0.4 is 0 Å². The lowest BCUT2D eigenvalue weighted by atomic mass is 9.98. The highest BCUT2D eigenvalue weighted by atomic mass is 16.6. The molecule has 1 aliphatic heterocycles. The van der Waals surface area contributed by atoms with Crippen LogP contribution in [0.3, 0.4) is 0 Å². The van der Waals surface area contributed by atoms with Crippen LogP contribution in [0, 0.1) is 5.92 Å². The molecule has 1 aliphatic rings. The summed E-state index contributed by atoms with van der Waals surface area (Å²) >= 11 is 0. The maximum absolute atomic E-state index is 12.3. The van der Waals surface area contributed by atoms with E-state index in [1.807, 2.05) is 24.3 Å². The van der Waals surface area contributed by atoms with Crippen molar-refractivity contribution in [2.24, 2.45) is 5.92 Å². The number of aliphatic carboxylic acids is 1. The van der Waals surface area contributed by atoms with Crippen molar-refractivity contribution in [3.63, 3.8) is 0 Å². The molecule has 1 N–H and O–H groups in total. The first-order valence-electron chi connectivity index (χ1n) is 7.04. The van der Waals surface area contributed by atoms with Crippen molar-refractivity contribution in [2.45, 2.75) is 39.3 Å². The van der Waals surface area contributed by atoms with Crippen LogP contribution in [0.1, 0.15) is 31.9 Å². The molecule has 0 bridgehead atoms. The summed E-state index contributed by atoms with van der Waals surface area (Å²) in [5.74, 6) is -1.50. The fourth-order valence-corrected chi connectivity index (χ4v) is 2.41. The predicted molar refractivity (Wildman–Crippen MR) is 77.9 cm³/mol. The molecule has 0 fully saturated rings. The Labute approximate surface area is 124 Å². The topological polar surface area (TPSA) is 66.8 Å². The molecule has 0 saturated heterocycles. The average molecular weight is 291 g/mol. The van der Waals surface area contributed by atoms with Gasteiger partial charge in [-0.05, 0) is 38.3 Å². The van der Waals surface area contributed by atoms with E-state index in [0.717, 1.165) is 11.1 Å². The lowest BCUT2D eigenvalue weighted by Gasteiger charge is -2.27. The van der Waals surface area contributed by atoms with Crippen LogP contribution in [0.2, 0.25) is 0 Å². The van der Waals surface area contributed by atoms with Crippen LogP contribution in [-0.4, -0.2) is 34.2 Å². The molecule has 5 heteroatoms. The second-order valence-corrected chi connectivity index (χ2v) is 6.37. The van der Waals surface area contributed by atoms with Gasteiger partial charge in [-0.15, -0.1) is 0 Å². The quantitative estimate of drug-likeness (QED) is 0.864. The SMILES string of the molecule is CC(C)(C)OC(=O)N1Cc2ccccc2CC(C(=O)O)C1. The Morgan fingerprint density at radius 3 is 2.43 bits per heavy atom. The van der Waals surface area contributed by atoms with E-state index in [9.17, 15) is 14.7 Å². The molecule has 1 amide bonds. The number of hydrogen-bond acceptors (Lipinski definition) is 3. The molecule has 21 heavy (non-hydrogen) atoms. The Balaban J connectivity index is 2.26. The monoisotopic (exact) mass is 291 g/mol. The first kappa shape index (κ1) is 15.4. The summed E-state index contributed by atoms with van der Waals surface area (Å²) in [5, 5.41) is 9.34. The second kappa shape index (κ2) is 5.76. The molecule has 1 aromatic rings. The van der Waals surface area contributed by atoms with Gasteiger partial charge in [0.1, 0.15) is 5.60 Å². The smallest absolute Gasteiger partial charge is 0.410 e. The Hall–Kier alpha value is -2.04. The first-order chi connectivity index (χ1) is 9.76. The van der Waals surface area contributed by atoms with E-state index in [1.165, 1.54) is 4.90 Å². The van der Waals surface area contributed by atoms with Gasteiger partial charge in [-0.25, -0.2) is 4.79 Å². The molecule has 5 nitrogen and oxygen atoms in total. The number of rotatable bonds is 1. The summed E-state index contributed by atoms with van der Waals surface area (Å²) in [6.07, 6.45) is -0.0319. The Morgan fingerprint density at radius 2 is 1.86 bits per heavy atom. The molecule has 0 radical (unpaired) electrons. The molecule has 0 aliphatic carbocycles. The fraction of sp³-hybridized carbons (Fsp3) is 0.500. The third-order valence-electron chi connectivity index (χ3n) is 3.39. The lowest BCUT2D eigenvalue weighted by Crippen LogP contribution is -2.39. The summed E-state index contributed by atoms with van der Waals surface area (Å²) in [6, 6.07) is 7.63. The Morgan fingerprint density at radius 1 is 1.24 bits per heavy atom. The number of carboxylic acids is 1. The first-order valence-corrected chi connectivity index (χ1v) is 7.04. The summed E-state index contributed by atoms with van der Waals surface area (Å²) in [5.41, 5.74) is 1.37. The number of carbonyl (C=O) groups excluding carboxylic acids is 1. The molecule has 1 atom stereocenters. The number of nitrogens with zero attached hydrogens (tertiary/aromatic N) is 1. The summed E-state index contributed by atoms with van der Waals surface area (Å²) in [7, 11) is 0. The Bertz CT molecular complexity index is 547. The zero-order valence-corrected chi connectivity index (χ0v) is 12.6. The maximum Gasteiger partial charge on any atom is 0.410 e. The van der Waals surface area contributed by atoms with E-state index in [1.54, 1.807) is 20.8 Å². The third kappa shape index (κ3) is 3.97. The Kier molecular flexibility index (Phi) is 4.21. The van der Waals surface area contributed by atoms with Crippen molar-refractivity contribution in [3.8, 4) is 0 Å². The van der Waals surface area contributed by atoms with E-state index in [-0.39, 0.29) is 6.54 Å². The molecule has 0 saturated carbocycles. The van der Waals surface area contributed by atoms with E-state index in [4.69, 9.17) is 4.74 Å². The van der Waals surface area contributed by atoms with E-state index >= 15 is 0 Å². The number of carbonyl (C=O) groups is 2. The highest BCUT2D eigenvalue weighted by Gasteiger charge is 2.31. The van der Waals surface area contributed by atoms with Crippen LogP contribution in [-0.2, 0) is 22.5 Å². The van der Waals surface area contributed by atoms with Gasteiger partial charge in [-0.3, -0.25) is 4.79 Å². The highest BCUT2D eigenvalue weighted by Crippen LogP contribution is 2.23. The van der Waals surface area contributed by atoms with Gasteiger partial charge in [0.15, 0.2) is 0 Å². The minimum Gasteiger partial charge on any atom is -0.481 e. The number of fused-ring (bicyclic) bond motifs is 1. The molecule has 114 valence electrons. The van der Waals surface area contributed by atoms with Crippen LogP contribution in [0.25, 0.3) is 0 Å². The van der Waals surface area contributed by atoms with E-state index < -0.39 is 23.6 Å². The molecule has 0 spiro atoms. The van der Waals surface area contributed by atoms with E-state index in [2.05, 4.69) is 0 Å². The fourth-order valence-electron chi connectivity index (χ4n) is 2.41. The highest BCUT2D eigenvalue weighted by molar-refractivity contribution is 5.74. The van der Waals surface area contributed by atoms with E-state index in [0.29, 0.717) is 13.0 Å². The third-order valence-corrected chi connectivity index (χ3v) is 3.39. The van der Waals surface area contributed by atoms with Crippen LogP contribution in [0.15, 0.2) is 24.3 Å². The largest absolute Gasteiger partial charge is 0.481 e. The normalized spacial score (nSPS) is 18.6. The van der Waals surface area contributed by atoms with Crippen LogP contribution >= 0.6 is 0 Å². The zero-order chi connectivity index (χ0) is 15.6. The second-order valence-electron chi connectivity index (χ2n) is 6.37. The summed E-state index contributed by atoms with van der Waals surface area (Å²) in [6.45, 7) is 5.94. The number of benzene rings is 1. The molecule has 1 aromatic carbocycles. The van der Waals surface area contributed by atoms with Crippen LogP contribution in [0.5, 0.6) is 0 Å². The van der Waals surface area contributed by atoms with Crippen molar-refractivity contribution in [3.05, 3.63) is 35.4 Å². The molecule has 1 heterocycles. The molecule has 2 rings (SSSR count). The van der Waals surface area contributed by atoms with Gasteiger partial charge in [0.25, 0.3) is 0 Å². The van der Waals surface area contributed by atoms with Gasteiger partial charge in [0.05, 0.1) is 5.92 Å². The van der Waals surface area contributed by atoms with Crippen molar-refractivity contribution in [1.29, 1.82) is 0 Å². The zero-order valence-electron chi connectivity index (χ0n) is 12.6. The number of amides is 1. The minimum absolute atomic E-state index is 0.166. The van der Waals surface area contributed by atoms with Crippen LogP contribution in [0.4, 0.5) is 4.79 Å². The number of carboxylic acid groups (broad SMARTS) is 1. The van der Waals surface area contributed by atoms with Gasteiger partial charge in [0.2, 0.25) is 0 Å². The van der Waals surface area contributed by atoms with Gasteiger partial charge in [0, 0.05) is 13.1 Å². The van der Waals surface area contributed by atoms with Gasteiger partial charge in [-0.2, -0.15) is 0 Å².